The molecule has 0 spiro atoms. The van der Waals surface area contributed by atoms with Gasteiger partial charge in [0.05, 0.1) is 39.1 Å². The smallest absolute Gasteiger partial charge is 0.254 e. The Morgan fingerprint density at radius 1 is 1.16 bits per heavy atom. The third-order valence-electron chi connectivity index (χ3n) is 5.18. The number of ether oxygens (including phenoxy) is 3. The lowest BCUT2D eigenvalue weighted by Crippen LogP contribution is -2.43. The van der Waals surface area contributed by atoms with Gasteiger partial charge in [0.25, 0.3) is 11.5 Å². The average Bonchev–Trinajstić information content (AvgIpc) is 2.80. The number of H-pyrrole nitrogens is 1. The van der Waals surface area contributed by atoms with Crippen LogP contribution in [0.5, 0.6) is 5.75 Å². The minimum Gasteiger partial charge on any atom is -0.494 e. The van der Waals surface area contributed by atoms with E-state index in [1.807, 2.05) is 49.4 Å². The standard InChI is InChI=1S/C24H26N2O5/c1-2-30-20-8-9-22-18(13-20)12-19(23(27)25-22)14-26(15-21-16-29-10-11-31-21)24(28)17-6-4-3-5-7-17/h3-9,12-13,21H,2,10-11,14-16H2,1H3,(H,25,27)/t21-/m1/s1. The molecule has 0 radical (unpaired) electrons. The van der Waals surface area contributed by atoms with E-state index in [2.05, 4.69) is 4.98 Å². The lowest BCUT2D eigenvalue weighted by Gasteiger charge is -2.30. The number of hydrogen-bond donors (Lipinski definition) is 1. The van der Waals surface area contributed by atoms with Gasteiger partial charge in [-0.1, -0.05) is 18.2 Å². The zero-order valence-electron chi connectivity index (χ0n) is 17.5. The summed E-state index contributed by atoms with van der Waals surface area (Å²) in [5, 5.41) is 0.852. The number of benzene rings is 2. The van der Waals surface area contributed by atoms with Gasteiger partial charge in [0.15, 0.2) is 0 Å². The first-order valence-corrected chi connectivity index (χ1v) is 10.5. The quantitative estimate of drug-likeness (QED) is 0.633. The number of carbonyl (C=O) groups excluding carboxylic acids is 1. The summed E-state index contributed by atoms with van der Waals surface area (Å²) in [6, 6.07) is 16.4. The molecule has 31 heavy (non-hydrogen) atoms. The van der Waals surface area contributed by atoms with E-state index < -0.39 is 0 Å². The van der Waals surface area contributed by atoms with Gasteiger partial charge < -0.3 is 24.1 Å². The molecule has 4 rings (SSSR count). The fraction of sp³-hybridized carbons (Fsp3) is 0.333. The lowest BCUT2D eigenvalue weighted by atomic mass is 10.1. The van der Waals surface area contributed by atoms with Gasteiger partial charge in [-0.15, -0.1) is 0 Å². The van der Waals surface area contributed by atoms with Gasteiger partial charge in [-0.3, -0.25) is 9.59 Å². The summed E-state index contributed by atoms with van der Waals surface area (Å²) in [6.45, 7) is 4.45. The van der Waals surface area contributed by atoms with E-state index >= 15 is 0 Å². The molecule has 1 saturated heterocycles. The highest BCUT2D eigenvalue weighted by Crippen LogP contribution is 2.20. The van der Waals surface area contributed by atoms with Crippen molar-refractivity contribution in [2.75, 3.05) is 33.0 Å². The molecule has 2 heterocycles. The normalized spacial score (nSPS) is 16.2. The van der Waals surface area contributed by atoms with Gasteiger partial charge in [0.2, 0.25) is 0 Å². The van der Waals surface area contributed by atoms with E-state index in [9.17, 15) is 9.59 Å². The van der Waals surface area contributed by atoms with E-state index in [1.54, 1.807) is 17.0 Å². The molecule has 0 bridgehead atoms. The van der Waals surface area contributed by atoms with Crippen LogP contribution in [0.1, 0.15) is 22.8 Å². The zero-order chi connectivity index (χ0) is 21.6. The van der Waals surface area contributed by atoms with Crippen molar-refractivity contribution in [3.63, 3.8) is 0 Å². The van der Waals surface area contributed by atoms with Crippen molar-refractivity contribution in [2.24, 2.45) is 0 Å². The molecule has 1 N–H and O–H groups in total. The number of nitrogens with one attached hydrogen (secondary N) is 1. The van der Waals surface area contributed by atoms with Crippen LogP contribution in [0.15, 0.2) is 59.4 Å². The number of aromatic amines is 1. The van der Waals surface area contributed by atoms with Crippen molar-refractivity contribution in [1.82, 2.24) is 9.88 Å². The molecule has 7 heteroatoms. The van der Waals surface area contributed by atoms with Gasteiger partial charge in [0.1, 0.15) is 5.75 Å². The highest BCUT2D eigenvalue weighted by atomic mass is 16.6. The molecule has 7 nitrogen and oxygen atoms in total. The van der Waals surface area contributed by atoms with Crippen molar-refractivity contribution >= 4 is 16.8 Å². The molecule has 3 aromatic rings. The topological polar surface area (TPSA) is 80.9 Å². The van der Waals surface area contributed by atoms with Crippen LogP contribution in [-0.4, -0.2) is 54.9 Å². The van der Waals surface area contributed by atoms with E-state index in [-0.39, 0.29) is 24.1 Å². The van der Waals surface area contributed by atoms with Crippen molar-refractivity contribution in [1.29, 1.82) is 0 Å². The van der Waals surface area contributed by atoms with Crippen LogP contribution in [0.3, 0.4) is 0 Å². The molecule has 1 atom stereocenters. The summed E-state index contributed by atoms with van der Waals surface area (Å²) in [4.78, 5) is 30.5. The maximum atomic E-state index is 13.2. The number of carbonyl (C=O) groups is 1. The molecule has 162 valence electrons. The number of rotatable bonds is 7. The summed E-state index contributed by atoms with van der Waals surface area (Å²) in [5.41, 5.74) is 1.57. The molecule has 1 amide bonds. The first-order chi connectivity index (χ1) is 15.1. The molecule has 1 aromatic heterocycles. The van der Waals surface area contributed by atoms with Crippen LogP contribution >= 0.6 is 0 Å². The Morgan fingerprint density at radius 2 is 2.00 bits per heavy atom. The van der Waals surface area contributed by atoms with E-state index in [4.69, 9.17) is 14.2 Å². The van der Waals surface area contributed by atoms with Crippen LogP contribution < -0.4 is 10.3 Å². The summed E-state index contributed by atoms with van der Waals surface area (Å²) in [6.07, 6.45) is -0.231. The molecule has 0 aliphatic carbocycles. The van der Waals surface area contributed by atoms with Gasteiger partial charge in [-0.2, -0.15) is 0 Å². The average molecular weight is 422 g/mol. The molecular formula is C24H26N2O5. The number of aromatic nitrogens is 1. The Bertz CT molecular complexity index is 1090. The number of amides is 1. The molecule has 2 aromatic carbocycles. The lowest BCUT2D eigenvalue weighted by molar-refractivity contribution is -0.0953. The van der Waals surface area contributed by atoms with E-state index in [0.717, 1.165) is 16.7 Å². The molecule has 1 fully saturated rings. The Balaban J connectivity index is 1.64. The second-order valence-electron chi connectivity index (χ2n) is 7.43. The minimum atomic E-state index is -0.231. The Labute approximate surface area is 180 Å². The third-order valence-corrected chi connectivity index (χ3v) is 5.18. The Hall–Kier alpha value is -3.16. The van der Waals surface area contributed by atoms with Crippen LogP contribution in [0, 0.1) is 0 Å². The van der Waals surface area contributed by atoms with Crippen LogP contribution in [-0.2, 0) is 16.0 Å². The van der Waals surface area contributed by atoms with Crippen molar-refractivity contribution in [2.45, 2.75) is 19.6 Å². The largest absolute Gasteiger partial charge is 0.494 e. The van der Waals surface area contributed by atoms with Gasteiger partial charge in [0, 0.05) is 28.6 Å². The molecule has 0 saturated carbocycles. The van der Waals surface area contributed by atoms with Crippen molar-refractivity contribution in [3.05, 3.63) is 76.1 Å². The molecule has 1 aliphatic rings. The number of pyridine rings is 1. The summed E-state index contributed by atoms with van der Waals surface area (Å²) in [7, 11) is 0. The maximum absolute atomic E-state index is 13.2. The Morgan fingerprint density at radius 3 is 2.74 bits per heavy atom. The van der Waals surface area contributed by atoms with E-state index in [0.29, 0.717) is 44.1 Å². The SMILES string of the molecule is CCOc1ccc2[nH]c(=O)c(CN(C[C@@H]3COCCO3)C(=O)c3ccccc3)cc2c1. The van der Waals surface area contributed by atoms with Crippen LogP contribution in [0.25, 0.3) is 10.9 Å². The summed E-state index contributed by atoms with van der Waals surface area (Å²) < 4.78 is 16.8. The zero-order valence-corrected chi connectivity index (χ0v) is 17.5. The van der Waals surface area contributed by atoms with Gasteiger partial charge in [-0.05, 0) is 43.3 Å². The predicted molar refractivity (Wildman–Crippen MR) is 117 cm³/mol. The summed E-state index contributed by atoms with van der Waals surface area (Å²) >= 11 is 0. The van der Waals surface area contributed by atoms with Crippen molar-refractivity contribution < 1.29 is 19.0 Å². The van der Waals surface area contributed by atoms with Gasteiger partial charge in [-0.25, -0.2) is 0 Å². The number of nitrogens with zero attached hydrogens (tertiary/aromatic N) is 1. The highest BCUT2D eigenvalue weighted by Gasteiger charge is 2.24. The fourth-order valence-corrected chi connectivity index (χ4v) is 3.68. The molecular weight excluding hydrogens is 396 g/mol. The second kappa shape index (κ2) is 9.76. The fourth-order valence-electron chi connectivity index (χ4n) is 3.68. The Kier molecular flexibility index (Phi) is 6.64. The minimum absolute atomic E-state index is 0.155. The molecule has 1 aliphatic heterocycles. The molecule has 0 unspecified atom stereocenters. The maximum Gasteiger partial charge on any atom is 0.254 e. The first-order valence-electron chi connectivity index (χ1n) is 10.5. The van der Waals surface area contributed by atoms with Crippen molar-refractivity contribution in [3.8, 4) is 5.75 Å². The predicted octanol–water partition coefficient (Wildman–Crippen LogP) is 2.98. The van der Waals surface area contributed by atoms with E-state index in [1.165, 1.54) is 0 Å². The number of fused-ring (bicyclic) bond motifs is 1. The van der Waals surface area contributed by atoms with Crippen LogP contribution in [0.2, 0.25) is 0 Å². The monoisotopic (exact) mass is 422 g/mol. The van der Waals surface area contributed by atoms with Crippen LogP contribution in [0.4, 0.5) is 0 Å². The first kappa shape index (κ1) is 21.1. The third kappa shape index (κ3) is 5.13. The number of hydrogen-bond acceptors (Lipinski definition) is 5. The highest BCUT2D eigenvalue weighted by molar-refractivity contribution is 5.94. The summed E-state index contributed by atoms with van der Waals surface area (Å²) in [5.74, 6) is 0.579. The van der Waals surface area contributed by atoms with Gasteiger partial charge >= 0.3 is 0 Å². The second-order valence-corrected chi connectivity index (χ2v) is 7.43.